The topological polar surface area (TPSA) is 56.7 Å². The van der Waals surface area contributed by atoms with Crippen LogP contribution in [0.25, 0.3) is 0 Å². The zero-order chi connectivity index (χ0) is 20.5. The van der Waals surface area contributed by atoms with Crippen LogP contribution in [-0.4, -0.2) is 48.1 Å². The van der Waals surface area contributed by atoms with Crippen LogP contribution in [0.2, 0.25) is 5.02 Å². The number of nitrogens with zero attached hydrogens (tertiary/aromatic N) is 2. The molecule has 2 atom stereocenters. The smallest absolute Gasteiger partial charge is 0.191 e. The number of guanidine groups is 1. The van der Waals surface area contributed by atoms with E-state index in [-0.39, 0.29) is 0 Å². The predicted octanol–water partition coefficient (Wildman–Crippen LogP) is 3.42. The predicted molar refractivity (Wildman–Crippen MR) is 124 cm³/mol. The molecule has 5 nitrogen and oxygen atoms in total. The first-order valence-corrected chi connectivity index (χ1v) is 11.9. The molecule has 7 heteroatoms. The molecule has 0 spiro atoms. The second-order valence-electron chi connectivity index (χ2n) is 7.09. The average molecular weight is 433 g/mol. The molecule has 0 radical (unpaired) electrons. The Bertz CT molecular complexity index is 831. The van der Waals surface area contributed by atoms with Gasteiger partial charge in [0.25, 0.3) is 0 Å². The van der Waals surface area contributed by atoms with Gasteiger partial charge in [-0.3, -0.25) is 9.20 Å². The fraction of sp³-hybridized carbons (Fsp3) is 0.409. The second kappa shape index (κ2) is 11.2. The van der Waals surface area contributed by atoms with E-state index in [2.05, 4.69) is 33.5 Å². The van der Waals surface area contributed by atoms with E-state index < -0.39 is 10.8 Å². The van der Waals surface area contributed by atoms with Crippen molar-refractivity contribution < 1.29 is 4.21 Å². The zero-order valence-corrected chi connectivity index (χ0v) is 18.4. The molecule has 0 saturated carbocycles. The van der Waals surface area contributed by atoms with Crippen LogP contribution in [0.15, 0.2) is 59.6 Å². The largest absolute Gasteiger partial charge is 0.369 e. The summed E-state index contributed by atoms with van der Waals surface area (Å²) in [5.74, 6) is 1.93. The molecule has 29 heavy (non-hydrogen) atoms. The van der Waals surface area contributed by atoms with Crippen molar-refractivity contribution in [2.45, 2.75) is 25.1 Å². The first-order chi connectivity index (χ1) is 14.1. The third kappa shape index (κ3) is 7.05. The number of aliphatic imine (C=N–C) groups is 1. The molecule has 1 saturated heterocycles. The van der Waals surface area contributed by atoms with Gasteiger partial charge in [-0.1, -0.05) is 48.0 Å². The Balaban J connectivity index is 1.48. The molecule has 0 amide bonds. The number of hydrogen-bond donors (Lipinski definition) is 2. The molecule has 1 aliphatic rings. The molecule has 0 aliphatic carbocycles. The van der Waals surface area contributed by atoms with Crippen molar-refractivity contribution in [3.63, 3.8) is 0 Å². The van der Waals surface area contributed by atoms with Gasteiger partial charge in [0.05, 0.1) is 6.54 Å². The highest BCUT2D eigenvalue weighted by Crippen LogP contribution is 2.23. The summed E-state index contributed by atoms with van der Waals surface area (Å²) in [4.78, 5) is 6.97. The first-order valence-electron chi connectivity index (χ1n) is 10.1. The monoisotopic (exact) mass is 432 g/mol. The summed E-state index contributed by atoms with van der Waals surface area (Å²) in [6, 6.07) is 18.3. The number of anilines is 1. The maximum absolute atomic E-state index is 12.3. The summed E-state index contributed by atoms with van der Waals surface area (Å²) in [7, 11) is -0.912. The Morgan fingerprint density at radius 3 is 2.83 bits per heavy atom. The van der Waals surface area contributed by atoms with Crippen LogP contribution >= 0.6 is 11.6 Å². The third-order valence-corrected chi connectivity index (χ3v) is 6.33. The van der Waals surface area contributed by atoms with E-state index in [9.17, 15) is 4.21 Å². The zero-order valence-electron chi connectivity index (χ0n) is 16.8. The van der Waals surface area contributed by atoms with E-state index in [0.717, 1.165) is 48.3 Å². The lowest BCUT2D eigenvalue weighted by molar-refractivity contribution is 0.650. The Hall–Kier alpha value is -2.05. The minimum Gasteiger partial charge on any atom is -0.369 e. The Morgan fingerprint density at radius 2 is 2.07 bits per heavy atom. The van der Waals surface area contributed by atoms with Gasteiger partial charge in [0, 0.05) is 58.7 Å². The maximum Gasteiger partial charge on any atom is 0.191 e. The molecule has 1 heterocycles. The van der Waals surface area contributed by atoms with Gasteiger partial charge in [0.2, 0.25) is 0 Å². The van der Waals surface area contributed by atoms with Gasteiger partial charge in [-0.15, -0.1) is 0 Å². The summed E-state index contributed by atoms with van der Waals surface area (Å²) in [5, 5.41) is 7.58. The van der Waals surface area contributed by atoms with Gasteiger partial charge in [-0.25, -0.2) is 0 Å². The van der Waals surface area contributed by atoms with Crippen LogP contribution in [0.4, 0.5) is 5.69 Å². The molecule has 2 aromatic rings. The van der Waals surface area contributed by atoms with E-state index in [4.69, 9.17) is 11.6 Å². The van der Waals surface area contributed by atoms with E-state index in [0.29, 0.717) is 24.1 Å². The lowest BCUT2D eigenvalue weighted by Gasteiger charge is -2.20. The summed E-state index contributed by atoms with van der Waals surface area (Å²) in [5.41, 5.74) is 2.26. The number of rotatable bonds is 8. The van der Waals surface area contributed by atoms with Crippen molar-refractivity contribution in [2.75, 3.05) is 36.8 Å². The van der Waals surface area contributed by atoms with Gasteiger partial charge >= 0.3 is 0 Å². The highest BCUT2D eigenvalue weighted by atomic mass is 35.5. The molecule has 2 N–H and O–H groups in total. The van der Waals surface area contributed by atoms with Crippen molar-refractivity contribution in [3.05, 3.63) is 65.2 Å². The Labute approximate surface area is 181 Å². The van der Waals surface area contributed by atoms with Crippen LogP contribution in [-0.2, 0) is 16.6 Å². The summed E-state index contributed by atoms with van der Waals surface area (Å²) in [6.45, 7) is 5.28. The van der Waals surface area contributed by atoms with E-state index in [1.807, 2.05) is 48.5 Å². The lowest BCUT2D eigenvalue weighted by Crippen LogP contribution is -2.44. The summed E-state index contributed by atoms with van der Waals surface area (Å²) in [6.07, 6.45) is 1.04. The number of hydrogen-bond acceptors (Lipinski definition) is 3. The fourth-order valence-corrected chi connectivity index (χ4v) is 4.58. The van der Waals surface area contributed by atoms with E-state index >= 15 is 0 Å². The van der Waals surface area contributed by atoms with Crippen LogP contribution in [0, 0.1) is 0 Å². The normalized spacial score (nSPS) is 17.9. The van der Waals surface area contributed by atoms with Crippen LogP contribution in [0.5, 0.6) is 0 Å². The van der Waals surface area contributed by atoms with Crippen molar-refractivity contribution >= 4 is 34.0 Å². The highest BCUT2D eigenvalue weighted by Gasteiger charge is 2.23. The Kier molecular flexibility index (Phi) is 8.38. The SMILES string of the molecule is CCNC(=NCCS(=O)Cc1ccccc1)NC1CCN(c2cccc(Cl)c2)C1. The lowest BCUT2D eigenvalue weighted by atomic mass is 10.2. The molecule has 1 aliphatic heterocycles. The number of nitrogens with one attached hydrogen (secondary N) is 2. The van der Waals surface area contributed by atoms with Gasteiger partial charge in [-0.2, -0.15) is 0 Å². The Morgan fingerprint density at radius 1 is 1.24 bits per heavy atom. The van der Waals surface area contributed by atoms with Gasteiger partial charge < -0.3 is 15.5 Å². The molecular weight excluding hydrogens is 404 g/mol. The standard InChI is InChI=1S/C22H29ClN4OS/c1-2-24-22(25-12-14-29(28)17-18-7-4-3-5-8-18)26-20-11-13-27(16-20)21-10-6-9-19(23)15-21/h3-10,15,20H,2,11-14,16-17H2,1H3,(H2,24,25,26). The van der Waals surface area contributed by atoms with Crippen molar-refractivity contribution in [3.8, 4) is 0 Å². The number of halogens is 1. The summed E-state index contributed by atoms with van der Waals surface area (Å²) >= 11 is 6.12. The minimum atomic E-state index is -0.912. The highest BCUT2D eigenvalue weighted by molar-refractivity contribution is 7.84. The van der Waals surface area contributed by atoms with Crippen LogP contribution in [0.3, 0.4) is 0 Å². The third-order valence-electron chi connectivity index (χ3n) is 4.81. The van der Waals surface area contributed by atoms with E-state index in [1.165, 1.54) is 0 Å². The molecule has 2 unspecified atom stereocenters. The van der Waals surface area contributed by atoms with Crippen molar-refractivity contribution in [1.82, 2.24) is 10.6 Å². The molecule has 2 aromatic carbocycles. The van der Waals surface area contributed by atoms with Crippen LogP contribution < -0.4 is 15.5 Å². The van der Waals surface area contributed by atoms with E-state index in [1.54, 1.807) is 0 Å². The molecule has 156 valence electrons. The molecule has 1 fully saturated rings. The maximum atomic E-state index is 12.3. The van der Waals surface area contributed by atoms with Gasteiger partial charge in [0.1, 0.15) is 0 Å². The molecule has 0 bridgehead atoms. The second-order valence-corrected chi connectivity index (χ2v) is 9.10. The van der Waals surface area contributed by atoms with Gasteiger partial charge in [0.15, 0.2) is 5.96 Å². The molecule has 0 aromatic heterocycles. The molecular formula is C22H29ClN4OS. The molecule has 3 rings (SSSR count). The fourth-order valence-electron chi connectivity index (χ4n) is 3.39. The first kappa shape index (κ1) is 21.7. The number of benzene rings is 2. The van der Waals surface area contributed by atoms with Gasteiger partial charge in [-0.05, 0) is 37.1 Å². The van der Waals surface area contributed by atoms with Crippen LogP contribution in [0.1, 0.15) is 18.9 Å². The average Bonchev–Trinajstić information content (AvgIpc) is 3.17. The van der Waals surface area contributed by atoms with Crippen molar-refractivity contribution in [1.29, 1.82) is 0 Å². The quantitative estimate of drug-likeness (QED) is 0.495. The summed E-state index contributed by atoms with van der Waals surface area (Å²) < 4.78 is 12.3. The minimum absolute atomic E-state index is 0.321. The van der Waals surface area contributed by atoms with Crippen molar-refractivity contribution in [2.24, 2.45) is 4.99 Å².